The fourth-order valence-electron chi connectivity index (χ4n) is 4.11. The van der Waals surface area contributed by atoms with Gasteiger partial charge in [-0.2, -0.15) is 18.2 Å². The lowest BCUT2D eigenvalue weighted by Crippen LogP contribution is -2.30. The number of ether oxygens (including phenoxy) is 3. The number of benzene rings is 1. The smallest absolute Gasteiger partial charge is 0.416 e. The Bertz CT molecular complexity index is 1090. The highest BCUT2D eigenvalue weighted by Crippen LogP contribution is 2.33. The number of alkyl halides is 3. The van der Waals surface area contributed by atoms with Crippen LogP contribution in [-0.2, 0) is 34.7 Å². The van der Waals surface area contributed by atoms with Gasteiger partial charge in [0.25, 0.3) is 5.91 Å². The van der Waals surface area contributed by atoms with Crippen LogP contribution in [-0.4, -0.2) is 48.3 Å². The van der Waals surface area contributed by atoms with Crippen LogP contribution in [0.2, 0.25) is 0 Å². The molecule has 35 heavy (non-hydrogen) atoms. The zero-order valence-corrected chi connectivity index (χ0v) is 20.9. The second-order valence-corrected chi connectivity index (χ2v) is 9.70. The molecule has 1 aromatic heterocycles. The Morgan fingerprint density at radius 1 is 1.20 bits per heavy atom. The SMILES string of the molecule is COCCCOc1ccc(C(F)(F)F)cc1C(=O)/N=c1\cc(C(C)(C)C)n(C)n1C[C@H]1CCCO1. The number of hydrogen-bond acceptors (Lipinski definition) is 4. The van der Waals surface area contributed by atoms with Crippen molar-refractivity contribution in [2.24, 2.45) is 12.0 Å². The first kappa shape index (κ1) is 27.0. The van der Waals surface area contributed by atoms with E-state index in [2.05, 4.69) is 4.99 Å². The summed E-state index contributed by atoms with van der Waals surface area (Å²) >= 11 is 0. The maximum Gasteiger partial charge on any atom is 0.416 e. The Kier molecular flexibility index (Phi) is 8.48. The van der Waals surface area contributed by atoms with Gasteiger partial charge in [0.15, 0.2) is 5.49 Å². The van der Waals surface area contributed by atoms with Gasteiger partial charge in [-0.1, -0.05) is 20.8 Å². The lowest BCUT2D eigenvalue weighted by Gasteiger charge is -2.21. The fraction of sp³-hybridized carbons (Fsp3) is 0.600. The molecule has 1 saturated heterocycles. The van der Waals surface area contributed by atoms with Gasteiger partial charge in [0.05, 0.1) is 30.4 Å². The lowest BCUT2D eigenvalue weighted by molar-refractivity contribution is -0.137. The molecular formula is C25H34F3N3O4. The van der Waals surface area contributed by atoms with Gasteiger partial charge in [-0.15, -0.1) is 0 Å². The molecule has 0 spiro atoms. The maximum absolute atomic E-state index is 13.4. The number of hydrogen-bond donors (Lipinski definition) is 0. The third kappa shape index (κ3) is 6.76. The summed E-state index contributed by atoms with van der Waals surface area (Å²) in [5.74, 6) is -0.745. The largest absolute Gasteiger partial charge is 0.493 e. The maximum atomic E-state index is 13.4. The predicted octanol–water partition coefficient (Wildman–Crippen LogP) is 4.48. The summed E-state index contributed by atoms with van der Waals surface area (Å²) in [6.45, 7) is 7.92. The molecule has 1 amide bonds. The number of carbonyl (C=O) groups excluding carboxylic acids is 1. The summed E-state index contributed by atoms with van der Waals surface area (Å²) in [6.07, 6.45) is -2.24. The van der Waals surface area contributed by atoms with Crippen LogP contribution in [0.25, 0.3) is 0 Å². The van der Waals surface area contributed by atoms with Crippen LogP contribution in [0, 0.1) is 0 Å². The average molecular weight is 498 g/mol. The first-order valence-corrected chi connectivity index (χ1v) is 11.7. The second-order valence-electron chi connectivity index (χ2n) is 9.70. The molecule has 3 rings (SSSR count). The molecule has 1 aliphatic heterocycles. The van der Waals surface area contributed by atoms with E-state index in [1.807, 2.05) is 37.2 Å². The summed E-state index contributed by atoms with van der Waals surface area (Å²) < 4.78 is 60.4. The van der Waals surface area contributed by atoms with Crippen LogP contribution in [0.1, 0.15) is 61.6 Å². The molecule has 1 aromatic carbocycles. The van der Waals surface area contributed by atoms with Crippen molar-refractivity contribution < 1.29 is 32.2 Å². The first-order valence-electron chi connectivity index (χ1n) is 11.7. The highest BCUT2D eigenvalue weighted by atomic mass is 19.4. The molecule has 0 unspecified atom stereocenters. The van der Waals surface area contributed by atoms with E-state index in [9.17, 15) is 18.0 Å². The van der Waals surface area contributed by atoms with Gasteiger partial charge < -0.3 is 14.2 Å². The van der Waals surface area contributed by atoms with Crippen molar-refractivity contribution in [2.45, 2.75) is 64.3 Å². The van der Waals surface area contributed by atoms with E-state index in [0.717, 1.165) is 30.7 Å². The monoisotopic (exact) mass is 497 g/mol. The number of nitrogens with zero attached hydrogens (tertiary/aromatic N) is 3. The average Bonchev–Trinajstić information content (AvgIpc) is 3.39. The minimum absolute atomic E-state index is 0.0151. The number of carbonyl (C=O) groups is 1. The van der Waals surface area contributed by atoms with Crippen molar-refractivity contribution in [2.75, 3.05) is 26.9 Å². The van der Waals surface area contributed by atoms with Crippen molar-refractivity contribution in [1.82, 2.24) is 9.36 Å². The minimum Gasteiger partial charge on any atom is -0.493 e. The Morgan fingerprint density at radius 3 is 2.54 bits per heavy atom. The number of rotatable bonds is 8. The third-order valence-electron chi connectivity index (χ3n) is 5.91. The van der Waals surface area contributed by atoms with Crippen molar-refractivity contribution >= 4 is 5.91 Å². The number of halogens is 3. The normalized spacial score (nSPS) is 17.3. The van der Waals surface area contributed by atoms with Gasteiger partial charge in [-0.05, 0) is 31.0 Å². The summed E-state index contributed by atoms with van der Waals surface area (Å²) in [4.78, 5) is 17.5. The molecular weight excluding hydrogens is 463 g/mol. The van der Waals surface area contributed by atoms with Crippen LogP contribution in [0.4, 0.5) is 13.2 Å². The molecule has 0 N–H and O–H groups in total. The van der Waals surface area contributed by atoms with Gasteiger partial charge in [0.1, 0.15) is 5.75 Å². The standard InChI is InChI=1S/C25H34F3N3O4/c1-24(2,3)21-15-22(31(30(21)4)16-18-8-6-12-34-18)29-23(32)19-14-17(25(26,27)28)9-10-20(19)35-13-7-11-33-5/h9-10,14-15,18H,6-8,11-13,16H2,1-5H3/b29-22+/t18-/m1/s1. The fourth-order valence-corrected chi connectivity index (χ4v) is 4.11. The zero-order valence-electron chi connectivity index (χ0n) is 20.9. The van der Waals surface area contributed by atoms with Gasteiger partial charge in [-0.25, -0.2) is 0 Å². The molecule has 0 aliphatic carbocycles. The molecule has 10 heteroatoms. The number of aromatic nitrogens is 2. The van der Waals surface area contributed by atoms with E-state index in [1.165, 1.54) is 6.07 Å². The van der Waals surface area contributed by atoms with Crippen LogP contribution in [0.5, 0.6) is 5.75 Å². The lowest BCUT2D eigenvalue weighted by atomic mass is 9.92. The highest BCUT2D eigenvalue weighted by Gasteiger charge is 2.32. The third-order valence-corrected chi connectivity index (χ3v) is 5.91. The molecule has 1 fully saturated rings. The van der Waals surface area contributed by atoms with Gasteiger partial charge >= 0.3 is 6.18 Å². The van der Waals surface area contributed by atoms with Crippen molar-refractivity contribution in [3.8, 4) is 5.75 Å². The van der Waals surface area contributed by atoms with Crippen LogP contribution >= 0.6 is 0 Å². The van der Waals surface area contributed by atoms with E-state index in [-0.39, 0.29) is 29.4 Å². The first-order chi connectivity index (χ1) is 16.4. The Hall–Kier alpha value is -2.59. The van der Waals surface area contributed by atoms with Gasteiger partial charge in [0.2, 0.25) is 0 Å². The summed E-state index contributed by atoms with van der Waals surface area (Å²) in [5, 5.41) is 0. The number of amides is 1. The van der Waals surface area contributed by atoms with Crippen LogP contribution in [0.3, 0.4) is 0 Å². The van der Waals surface area contributed by atoms with Gasteiger partial charge in [-0.3, -0.25) is 14.2 Å². The summed E-state index contributed by atoms with van der Waals surface area (Å²) in [7, 11) is 3.43. The van der Waals surface area contributed by atoms with E-state index in [4.69, 9.17) is 14.2 Å². The second kappa shape index (κ2) is 11.0. The summed E-state index contributed by atoms with van der Waals surface area (Å²) in [6, 6.07) is 4.68. The Balaban J connectivity index is 2.05. The quantitative estimate of drug-likeness (QED) is 0.505. The molecule has 0 bridgehead atoms. The number of methoxy groups -OCH3 is 1. The highest BCUT2D eigenvalue weighted by molar-refractivity contribution is 5.97. The molecule has 0 radical (unpaired) electrons. The topological polar surface area (TPSA) is 67.0 Å². The van der Waals surface area contributed by atoms with E-state index < -0.39 is 17.6 Å². The molecule has 1 aliphatic rings. The Labute approximate surface area is 203 Å². The Morgan fingerprint density at radius 2 is 1.94 bits per heavy atom. The van der Waals surface area contributed by atoms with E-state index in [0.29, 0.717) is 31.7 Å². The summed E-state index contributed by atoms with van der Waals surface area (Å²) in [5.41, 5.74) is -0.115. The minimum atomic E-state index is -4.60. The van der Waals surface area contributed by atoms with Crippen molar-refractivity contribution in [3.63, 3.8) is 0 Å². The van der Waals surface area contributed by atoms with Crippen LogP contribution < -0.4 is 10.2 Å². The van der Waals surface area contributed by atoms with E-state index in [1.54, 1.807) is 13.2 Å². The van der Waals surface area contributed by atoms with Crippen molar-refractivity contribution in [1.29, 1.82) is 0 Å². The van der Waals surface area contributed by atoms with E-state index >= 15 is 0 Å². The molecule has 2 aromatic rings. The molecule has 194 valence electrons. The molecule has 2 heterocycles. The predicted molar refractivity (Wildman–Crippen MR) is 124 cm³/mol. The van der Waals surface area contributed by atoms with Crippen LogP contribution in [0.15, 0.2) is 29.3 Å². The zero-order chi connectivity index (χ0) is 25.8. The molecule has 0 saturated carbocycles. The van der Waals surface area contributed by atoms with Crippen molar-refractivity contribution in [3.05, 3.63) is 46.6 Å². The molecule has 1 atom stereocenters. The van der Waals surface area contributed by atoms with Gasteiger partial charge in [0, 0.05) is 51.0 Å². The molecule has 7 nitrogen and oxygen atoms in total.